The fraction of sp³-hybridized carbons (Fsp3) is 0.118. The van der Waals surface area contributed by atoms with Crippen LogP contribution in [0.15, 0.2) is 48.0 Å². The second kappa shape index (κ2) is 6.33. The highest BCUT2D eigenvalue weighted by Crippen LogP contribution is 2.39. The highest BCUT2D eigenvalue weighted by atomic mass is 35.5. The van der Waals surface area contributed by atoms with Crippen LogP contribution in [0.1, 0.15) is 5.56 Å². The van der Waals surface area contributed by atoms with Crippen molar-refractivity contribution < 1.29 is 32.5 Å². The fourth-order valence-electron chi connectivity index (χ4n) is 2.32. The Morgan fingerprint density at radius 1 is 1.16 bits per heavy atom. The van der Waals surface area contributed by atoms with Crippen LogP contribution in [-0.4, -0.2) is 23.4 Å². The van der Waals surface area contributed by atoms with E-state index in [0.29, 0.717) is 10.8 Å². The third-order valence-electron chi connectivity index (χ3n) is 3.40. The monoisotopic (exact) mass is 370 g/mol. The Morgan fingerprint density at radius 2 is 1.88 bits per heavy atom. The molecule has 3 rings (SSSR count). The van der Waals surface area contributed by atoms with Crippen LogP contribution in [-0.2, 0) is 4.79 Å². The summed E-state index contributed by atoms with van der Waals surface area (Å²) in [5, 5.41) is 9.43. The lowest BCUT2D eigenvalue weighted by atomic mass is 10.0. The number of benzene rings is 2. The third-order valence-corrected chi connectivity index (χ3v) is 3.63. The summed E-state index contributed by atoms with van der Waals surface area (Å²) in [5.74, 6) is -1.18. The van der Waals surface area contributed by atoms with Crippen LogP contribution in [0.4, 0.5) is 13.2 Å². The van der Waals surface area contributed by atoms with Gasteiger partial charge in [-0.05, 0) is 36.4 Å². The highest BCUT2D eigenvalue weighted by molar-refractivity contribution is 6.30. The Labute approximate surface area is 145 Å². The minimum absolute atomic E-state index is 0.119. The van der Waals surface area contributed by atoms with Crippen molar-refractivity contribution in [2.75, 3.05) is 0 Å². The number of carboxylic acids is 1. The van der Waals surface area contributed by atoms with E-state index in [1.807, 2.05) is 0 Å². The summed E-state index contributed by atoms with van der Waals surface area (Å²) in [6.45, 7) is 0. The van der Waals surface area contributed by atoms with Crippen molar-refractivity contribution in [3.8, 4) is 17.2 Å². The van der Waals surface area contributed by atoms with Crippen LogP contribution in [0.2, 0.25) is 5.02 Å². The van der Waals surface area contributed by atoms with Crippen LogP contribution >= 0.6 is 11.6 Å². The van der Waals surface area contributed by atoms with E-state index in [2.05, 4.69) is 0 Å². The van der Waals surface area contributed by atoms with Crippen LogP contribution < -0.4 is 9.47 Å². The molecule has 0 saturated heterocycles. The Hall–Kier alpha value is -2.67. The summed E-state index contributed by atoms with van der Waals surface area (Å²) in [6, 6.07) is 10.7. The zero-order valence-corrected chi connectivity index (χ0v) is 13.1. The van der Waals surface area contributed by atoms with Crippen molar-refractivity contribution in [2.45, 2.75) is 12.3 Å². The van der Waals surface area contributed by atoms with Gasteiger partial charge in [0.25, 0.3) is 0 Å². The predicted molar refractivity (Wildman–Crippen MR) is 84.1 cm³/mol. The van der Waals surface area contributed by atoms with Crippen molar-refractivity contribution in [1.29, 1.82) is 0 Å². The largest absolute Gasteiger partial charge is 0.478 e. The molecule has 130 valence electrons. The topological polar surface area (TPSA) is 55.8 Å². The highest BCUT2D eigenvalue weighted by Gasteiger charge is 2.48. The predicted octanol–water partition coefficient (Wildman–Crippen LogP) is 4.92. The maximum atomic E-state index is 13.1. The maximum Gasteiger partial charge on any atom is 0.430 e. The number of aliphatic carboxylic acids is 1. The molecule has 0 aromatic heterocycles. The molecule has 1 unspecified atom stereocenters. The first kappa shape index (κ1) is 17.2. The second-order valence-electron chi connectivity index (χ2n) is 5.20. The molecule has 0 spiro atoms. The number of carboxylic acid groups (broad SMARTS) is 1. The Balaban J connectivity index is 1.94. The standard InChI is InChI=1S/C17H10ClF3O4/c18-10-2-1-3-11(7-10)24-12-5-4-9-6-13(16(22)23)15(17(19,20)21)25-14(9)8-12/h1-8,15H,(H,22,23). The van der Waals surface area contributed by atoms with E-state index in [4.69, 9.17) is 26.2 Å². The van der Waals surface area contributed by atoms with Gasteiger partial charge in [0.2, 0.25) is 6.10 Å². The van der Waals surface area contributed by atoms with Gasteiger partial charge in [-0.25, -0.2) is 4.79 Å². The van der Waals surface area contributed by atoms with Gasteiger partial charge in [-0.3, -0.25) is 0 Å². The Morgan fingerprint density at radius 3 is 2.52 bits per heavy atom. The second-order valence-corrected chi connectivity index (χ2v) is 5.64. The van der Waals surface area contributed by atoms with Gasteiger partial charge in [0.1, 0.15) is 17.2 Å². The van der Waals surface area contributed by atoms with Crippen molar-refractivity contribution in [3.05, 3.63) is 58.6 Å². The van der Waals surface area contributed by atoms with Gasteiger partial charge in [-0.1, -0.05) is 17.7 Å². The molecule has 1 N–H and O–H groups in total. The summed E-state index contributed by atoms with van der Waals surface area (Å²) < 4.78 is 49.6. The first-order valence-corrected chi connectivity index (χ1v) is 7.37. The number of fused-ring (bicyclic) bond motifs is 1. The smallest absolute Gasteiger partial charge is 0.430 e. The molecule has 25 heavy (non-hydrogen) atoms. The van der Waals surface area contributed by atoms with Crippen LogP contribution in [0.5, 0.6) is 17.2 Å². The van der Waals surface area contributed by atoms with E-state index in [9.17, 15) is 18.0 Å². The average Bonchev–Trinajstić information content (AvgIpc) is 2.52. The fourth-order valence-corrected chi connectivity index (χ4v) is 2.50. The van der Waals surface area contributed by atoms with E-state index < -0.39 is 23.8 Å². The zero-order valence-electron chi connectivity index (χ0n) is 12.4. The molecular weight excluding hydrogens is 361 g/mol. The lowest BCUT2D eigenvalue weighted by Crippen LogP contribution is -2.40. The molecule has 1 aliphatic heterocycles. The lowest BCUT2D eigenvalue weighted by molar-refractivity contribution is -0.187. The number of carbonyl (C=O) groups is 1. The summed E-state index contributed by atoms with van der Waals surface area (Å²) >= 11 is 5.85. The summed E-state index contributed by atoms with van der Waals surface area (Å²) in [7, 11) is 0. The van der Waals surface area contributed by atoms with Gasteiger partial charge < -0.3 is 14.6 Å². The first-order valence-electron chi connectivity index (χ1n) is 7.00. The average molecular weight is 371 g/mol. The molecule has 0 aliphatic carbocycles. The molecule has 2 aromatic rings. The Bertz CT molecular complexity index is 861. The SMILES string of the molecule is O=C(O)C1=Cc2ccc(Oc3cccc(Cl)c3)cc2OC1C(F)(F)F. The van der Waals surface area contributed by atoms with Gasteiger partial charge in [0.05, 0.1) is 5.57 Å². The summed E-state index contributed by atoms with van der Waals surface area (Å²) in [6.07, 6.45) is -6.45. The van der Waals surface area contributed by atoms with E-state index in [-0.39, 0.29) is 17.1 Å². The molecule has 0 saturated carbocycles. The molecule has 0 bridgehead atoms. The number of alkyl halides is 3. The normalized spacial score (nSPS) is 16.5. The van der Waals surface area contributed by atoms with Crippen LogP contribution in [0.3, 0.4) is 0 Å². The minimum atomic E-state index is -4.86. The molecule has 8 heteroatoms. The molecule has 1 atom stereocenters. The summed E-state index contributed by atoms with van der Waals surface area (Å²) in [5.41, 5.74) is -0.653. The molecular formula is C17H10ClF3O4. The molecule has 2 aromatic carbocycles. The van der Waals surface area contributed by atoms with Gasteiger partial charge >= 0.3 is 12.1 Å². The summed E-state index contributed by atoms with van der Waals surface area (Å²) in [4.78, 5) is 11.1. The lowest BCUT2D eigenvalue weighted by Gasteiger charge is -2.27. The van der Waals surface area contributed by atoms with Crippen LogP contribution in [0, 0.1) is 0 Å². The first-order chi connectivity index (χ1) is 11.7. The van der Waals surface area contributed by atoms with Crippen molar-refractivity contribution in [3.63, 3.8) is 0 Å². The van der Waals surface area contributed by atoms with E-state index in [1.165, 1.54) is 18.2 Å². The number of rotatable bonds is 3. The molecule has 0 fully saturated rings. The van der Waals surface area contributed by atoms with Gasteiger partial charge in [-0.2, -0.15) is 13.2 Å². The number of ether oxygens (including phenoxy) is 2. The quantitative estimate of drug-likeness (QED) is 0.833. The Kier molecular flexibility index (Phi) is 4.34. The molecule has 1 aliphatic rings. The molecule has 1 heterocycles. The van der Waals surface area contributed by atoms with E-state index >= 15 is 0 Å². The molecule has 0 radical (unpaired) electrons. The third kappa shape index (κ3) is 3.71. The van der Waals surface area contributed by atoms with E-state index in [1.54, 1.807) is 24.3 Å². The zero-order chi connectivity index (χ0) is 18.2. The van der Waals surface area contributed by atoms with Gasteiger partial charge in [0.15, 0.2) is 0 Å². The van der Waals surface area contributed by atoms with Crippen molar-refractivity contribution in [1.82, 2.24) is 0 Å². The number of hydrogen-bond acceptors (Lipinski definition) is 3. The molecule has 4 nitrogen and oxygen atoms in total. The number of hydrogen-bond donors (Lipinski definition) is 1. The van der Waals surface area contributed by atoms with Gasteiger partial charge in [0, 0.05) is 16.7 Å². The van der Waals surface area contributed by atoms with E-state index in [0.717, 1.165) is 6.08 Å². The maximum absolute atomic E-state index is 13.1. The van der Waals surface area contributed by atoms with Gasteiger partial charge in [-0.15, -0.1) is 0 Å². The number of halogens is 4. The molecule has 0 amide bonds. The minimum Gasteiger partial charge on any atom is -0.478 e. The van der Waals surface area contributed by atoms with Crippen LogP contribution in [0.25, 0.3) is 6.08 Å². The van der Waals surface area contributed by atoms with Crippen molar-refractivity contribution >= 4 is 23.6 Å². The van der Waals surface area contributed by atoms with Crippen molar-refractivity contribution in [2.24, 2.45) is 0 Å².